The summed E-state index contributed by atoms with van der Waals surface area (Å²) in [5.74, 6) is 0. The number of hydrogen-bond acceptors (Lipinski definition) is 3. The molecule has 1 atom stereocenters. The smallest absolute Gasteiger partial charge is 0.0601 e. The number of ether oxygens (including phenoxy) is 1. The minimum atomic E-state index is 0.531. The molecule has 15 heavy (non-hydrogen) atoms. The fourth-order valence-corrected chi connectivity index (χ4v) is 2.85. The molecule has 1 aliphatic carbocycles. The number of nitrogens with one attached hydrogen (secondary N) is 1. The monoisotopic (exact) mass is 212 g/mol. The van der Waals surface area contributed by atoms with Crippen LogP contribution in [0.5, 0.6) is 0 Å². The van der Waals surface area contributed by atoms with Gasteiger partial charge in [-0.05, 0) is 38.8 Å². The number of nitrogens with zero attached hydrogens (tertiary/aromatic N) is 1. The van der Waals surface area contributed by atoms with E-state index in [0.717, 1.165) is 12.1 Å². The summed E-state index contributed by atoms with van der Waals surface area (Å²) in [7, 11) is 1.84. The number of methoxy groups -OCH3 is 1. The van der Waals surface area contributed by atoms with Crippen LogP contribution in [0.1, 0.15) is 32.6 Å². The third-order valence-corrected chi connectivity index (χ3v) is 3.86. The highest BCUT2D eigenvalue weighted by molar-refractivity contribution is 4.93. The van der Waals surface area contributed by atoms with Gasteiger partial charge in [0.05, 0.1) is 6.10 Å². The minimum absolute atomic E-state index is 0.531. The molecule has 1 N–H and O–H groups in total. The molecule has 0 bridgehead atoms. The van der Waals surface area contributed by atoms with Gasteiger partial charge in [0.1, 0.15) is 0 Å². The average molecular weight is 212 g/mol. The second kappa shape index (κ2) is 5.28. The van der Waals surface area contributed by atoms with E-state index >= 15 is 0 Å². The Kier molecular flexibility index (Phi) is 4.00. The molecule has 0 aromatic carbocycles. The Bertz CT molecular complexity index is 186. The van der Waals surface area contributed by atoms with E-state index in [1.165, 1.54) is 45.3 Å². The van der Waals surface area contributed by atoms with Crippen LogP contribution < -0.4 is 5.32 Å². The van der Waals surface area contributed by atoms with Gasteiger partial charge in [-0.25, -0.2) is 0 Å². The topological polar surface area (TPSA) is 24.5 Å². The van der Waals surface area contributed by atoms with Gasteiger partial charge < -0.3 is 10.1 Å². The zero-order valence-electron chi connectivity index (χ0n) is 10.0. The average Bonchev–Trinajstić information content (AvgIpc) is 2.67. The van der Waals surface area contributed by atoms with Gasteiger partial charge in [-0.2, -0.15) is 0 Å². The molecule has 2 aliphatic rings. The molecule has 0 radical (unpaired) electrons. The van der Waals surface area contributed by atoms with Crippen LogP contribution >= 0.6 is 0 Å². The van der Waals surface area contributed by atoms with Crippen molar-refractivity contribution in [3.8, 4) is 0 Å². The van der Waals surface area contributed by atoms with E-state index in [1.54, 1.807) is 0 Å². The molecule has 1 heterocycles. The molecule has 3 heteroatoms. The zero-order valence-corrected chi connectivity index (χ0v) is 10.0. The molecule has 0 aromatic heterocycles. The predicted molar refractivity (Wildman–Crippen MR) is 62.1 cm³/mol. The molecule has 88 valence electrons. The molecular weight excluding hydrogens is 188 g/mol. The van der Waals surface area contributed by atoms with E-state index in [1.807, 2.05) is 7.11 Å². The third kappa shape index (κ3) is 2.52. The van der Waals surface area contributed by atoms with Gasteiger partial charge in [-0.3, -0.25) is 4.90 Å². The maximum absolute atomic E-state index is 5.37. The van der Waals surface area contributed by atoms with E-state index in [0.29, 0.717) is 6.10 Å². The van der Waals surface area contributed by atoms with Crippen molar-refractivity contribution in [1.29, 1.82) is 0 Å². The standard InChI is InChI=1S/C12H24N2O/c1-3-6-14(10-4-5-13-9-10)11-7-12(8-11)15-2/h10-13H,3-9H2,1-2H3. The van der Waals surface area contributed by atoms with Gasteiger partial charge in [-0.15, -0.1) is 0 Å². The molecule has 3 nitrogen and oxygen atoms in total. The molecule has 0 aromatic rings. The lowest BCUT2D eigenvalue weighted by Gasteiger charge is -2.44. The van der Waals surface area contributed by atoms with Gasteiger partial charge >= 0.3 is 0 Å². The normalized spacial score (nSPS) is 35.8. The molecule has 2 rings (SSSR count). The van der Waals surface area contributed by atoms with E-state index in [4.69, 9.17) is 4.74 Å². The first kappa shape index (κ1) is 11.4. The lowest BCUT2D eigenvalue weighted by atomic mass is 9.86. The summed E-state index contributed by atoms with van der Waals surface area (Å²) >= 11 is 0. The van der Waals surface area contributed by atoms with Crippen LogP contribution in [0.15, 0.2) is 0 Å². The van der Waals surface area contributed by atoms with Crippen molar-refractivity contribution in [2.45, 2.75) is 50.8 Å². The Labute approximate surface area is 93.2 Å². The van der Waals surface area contributed by atoms with Crippen LogP contribution in [-0.4, -0.2) is 49.8 Å². The van der Waals surface area contributed by atoms with Gasteiger partial charge in [0, 0.05) is 25.7 Å². The van der Waals surface area contributed by atoms with Crippen LogP contribution in [0.25, 0.3) is 0 Å². The number of rotatable bonds is 5. The van der Waals surface area contributed by atoms with Crippen molar-refractivity contribution in [3.05, 3.63) is 0 Å². The lowest BCUT2D eigenvalue weighted by molar-refractivity contribution is -0.0385. The third-order valence-electron chi connectivity index (χ3n) is 3.86. The summed E-state index contributed by atoms with van der Waals surface area (Å²) in [5.41, 5.74) is 0. The lowest BCUT2D eigenvalue weighted by Crippen LogP contribution is -2.52. The number of hydrogen-bond donors (Lipinski definition) is 1. The Morgan fingerprint density at radius 2 is 2.13 bits per heavy atom. The Morgan fingerprint density at radius 3 is 2.67 bits per heavy atom. The van der Waals surface area contributed by atoms with Crippen molar-refractivity contribution in [2.75, 3.05) is 26.7 Å². The van der Waals surface area contributed by atoms with Crippen LogP contribution in [0.3, 0.4) is 0 Å². The van der Waals surface area contributed by atoms with Crippen molar-refractivity contribution in [3.63, 3.8) is 0 Å². The summed E-state index contributed by atoms with van der Waals surface area (Å²) < 4.78 is 5.37. The first-order chi connectivity index (χ1) is 7.35. The maximum atomic E-state index is 5.37. The van der Waals surface area contributed by atoms with Crippen LogP contribution in [0.4, 0.5) is 0 Å². The SMILES string of the molecule is CCCN(C1CCNC1)C1CC(OC)C1. The maximum Gasteiger partial charge on any atom is 0.0601 e. The minimum Gasteiger partial charge on any atom is -0.381 e. The van der Waals surface area contributed by atoms with Gasteiger partial charge in [-0.1, -0.05) is 6.92 Å². The van der Waals surface area contributed by atoms with Crippen molar-refractivity contribution in [1.82, 2.24) is 10.2 Å². The van der Waals surface area contributed by atoms with Crippen LogP contribution in [-0.2, 0) is 4.74 Å². The molecule has 0 amide bonds. The highest BCUT2D eigenvalue weighted by atomic mass is 16.5. The molecule has 1 saturated heterocycles. The highest BCUT2D eigenvalue weighted by Gasteiger charge is 2.37. The van der Waals surface area contributed by atoms with Crippen molar-refractivity contribution in [2.24, 2.45) is 0 Å². The molecule has 1 saturated carbocycles. The van der Waals surface area contributed by atoms with Gasteiger partial charge in [0.2, 0.25) is 0 Å². The predicted octanol–water partition coefficient (Wildman–Crippen LogP) is 1.24. The summed E-state index contributed by atoms with van der Waals surface area (Å²) in [6.07, 6.45) is 5.61. The molecular formula is C12H24N2O. The van der Waals surface area contributed by atoms with E-state index in [-0.39, 0.29) is 0 Å². The fourth-order valence-electron chi connectivity index (χ4n) is 2.85. The van der Waals surface area contributed by atoms with Crippen LogP contribution in [0, 0.1) is 0 Å². The molecule has 0 spiro atoms. The summed E-state index contributed by atoms with van der Waals surface area (Å²) in [6.45, 7) is 5.93. The second-order valence-electron chi connectivity index (χ2n) is 4.87. The Hall–Kier alpha value is -0.120. The largest absolute Gasteiger partial charge is 0.381 e. The molecule has 2 fully saturated rings. The van der Waals surface area contributed by atoms with Crippen LogP contribution in [0.2, 0.25) is 0 Å². The van der Waals surface area contributed by atoms with Crippen molar-refractivity contribution < 1.29 is 4.74 Å². The molecule has 1 unspecified atom stereocenters. The summed E-state index contributed by atoms with van der Waals surface area (Å²) in [6, 6.07) is 1.58. The van der Waals surface area contributed by atoms with Crippen molar-refractivity contribution >= 4 is 0 Å². The summed E-state index contributed by atoms with van der Waals surface area (Å²) in [4.78, 5) is 2.72. The Balaban J connectivity index is 1.83. The quantitative estimate of drug-likeness (QED) is 0.742. The summed E-state index contributed by atoms with van der Waals surface area (Å²) in [5, 5.41) is 3.47. The fraction of sp³-hybridized carbons (Fsp3) is 1.00. The second-order valence-corrected chi connectivity index (χ2v) is 4.87. The van der Waals surface area contributed by atoms with E-state index in [2.05, 4.69) is 17.1 Å². The first-order valence-electron chi connectivity index (χ1n) is 6.34. The van der Waals surface area contributed by atoms with Gasteiger partial charge in [0.25, 0.3) is 0 Å². The van der Waals surface area contributed by atoms with E-state index < -0.39 is 0 Å². The first-order valence-corrected chi connectivity index (χ1v) is 6.34. The van der Waals surface area contributed by atoms with Gasteiger partial charge in [0.15, 0.2) is 0 Å². The van der Waals surface area contributed by atoms with E-state index in [9.17, 15) is 0 Å². The highest BCUT2D eigenvalue weighted by Crippen LogP contribution is 2.30. The molecule has 1 aliphatic heterocycles. The Morgan fingerprint density at radius 1 is 1.33 bits per heavy atom. The zero-order chi connectivity index (χ0) is 10.7.